The topological polar surface area (TPSA) is 116 Å². The van der Waals surface area contributed by atoms with E-state index in [1.165, 1.54) is 0 Å². The molecule has 10 nitrogen and oxygen atoms in total. The summed E-state index contributed by atoms with van der Waals surface area (Å²) in [7, 11) is 3.41. The molecule has 5 aliphatic rings. The van der Waals surface area contributed by atoms with E-state index < -0.39 is 0 Å². The molecular formula is C25H43ClN6O4S. The van der Waals surface area contributed by atoms with Gasteiger partial charge < -0.3 is 25.0 Å². The number of thioether (sulfide) groups is 1. The molecule has 0 saturated carbocycles. The maximum absolute atomic E-state index is 13.6. The Labute approximate surface area is 229 Å². The highest BCUT2D eigenvalue weighted by molar-refractivity contribution is 8.00. The summed E-state index contributed by atoms with van der Waals surface area (Å²) in [5, 5.41) is 17.2. The second-order valence-electron chi connectivity index (χ2n) is 11.3. The summed E-state index contributed by atoms with van der Waals surface area (Å²) in [6.45, 7) is 5.81. The number of nitrogens with zero attached hydrogens (tertiary/aromatic N) is 1. The Morgan fingerprint density at radius 3 is 2.62 bits per heavy atom. The minimum absolute atomic E-state index is 0.0551. The van der Waals surface area contributed by atoms with E-state index in [2.05, 4.69) is 33.5 Å². The molecule has 0 aromatic rings. The molecule has 0 radical (unpaired) electrons. The lowest BCUT2D eigenvalue weighted by Gasteiger charge is -2.45. The molecule has 5 fully saturated rings. The van der Waals surface area contributed by atoms with E-state index in [4.69, 9.17) is 21.1 Å². The zero-order chi connectivity index (χ0) is 26.1. The van der Waals surface area contributed by atoms with Crippen LogP contribution >= 0.6 is 23.4 Å². The van der Waals surface area contributed by atoms with Crippen molar-refractivity contribution in [2.75, 3.05) is 46.9 Å². The lowest BCUT2D eigenvalue weighted by atomic mass is 9.70. The Kier molecular flexibility index (Phi) is 9.23. The van der Waals surface area contributed by atoms with Gasteiger partial charge in [-0.05, 0) is 51.0 Å². The van der Waals surface area contributed by atoms with E-state index in [1.807, 2.05) is 4.90 Å². The Balaban J connectivity index is 1.16. The molecule has 5 rings (SSSR count). The number of hydrogen-bond acceptors (Lipinski definition) is 9. The number of rotatable bonds is 6. The van der Waals surface area contributed by atoms with Crippen LogP contribution in [0.5, 0.6) is 0 Å². The average molecular weight is 559 g/mol. The molecule has 0 spiro atoms. The third-order valence-corrected chi connectivity index (χ3v) is 10.7. The highest BCUT2D eigenvalue weighted by Gasteiger charge is 2.48. The van der Waals surface area contributed by atoms with Crippen LogP contribution in [-0.4, -0.2) is 104 Å². The molecular weight excluding hydrogens is 516 g/mol. The van der Waals surface area contributed by atoms with Gasteiger partial charge in [0.15, 0.2) is 0 Å². The second-order valence-corrected chi connectivity index (χ2v) is 13.2. The van der Waals surface area contributed by atoms with E-state index >= 15 is 0 Å². The molecule has 0 bridgehead atoms. The van der Waals surface area contributed by atoms with Crippen molar-refractivity contribution in [1.29, 1.82) is 0 Å². The van der Waals surface area contributed by atoms with Crippen molar-refractivity contribution >= 4 is 35.2 Å². The number of amides is 2. The average Bonchev–Trinajstić information content (AvgIpc) is 3.47. The lowest BCUT2D eigenvalue weighted by Crippen LogP contribution is -2.57. The van der Waals surface area contributed by atoms with Crippen LogP contribution in [0.1, 0.15) is 32.6 Å². The van der Waals surface area contributed by atoms with Gasteiger partial charge in [-0.3, -0.25) is 25.5 Å². The number of likely N-dealkylation sites (tertiary alicyclic amines) is 1. The van der Waals surface area contributed by atoms with E-state index in [-0.39, 0.29) is 70.1 Å². The highest BCUT2D eigenvalue weighted by Crippen LogP contribution is 2.39. The number of nitrogens with one attached hydrogen (secondary N) is 5. The Bertz CT molecular complexity index is 814. The maximum Gasteiger partial charge on any atom is 0.229 e. The van der Waals surface area contributed by atoms with Crippen molar-refractivity contribution < 1.29 is 19.1 Å². The summed E-state index contributed by atoms with van der Waals surface area (Å²) in [6, 6.07) is 0.533. The van der Waals surface area contributed by atoms with Gasteiger partial charge in [0.25, 0.3) is 0 Å². The number of fused-ring (bicyclic) bond motifs is 1. The monoisotopic (exact) mass is 558 g/mol. The van der Waals surface area contributed by atoms with E-state index in [0.717, 1.165) is 32.2 Å². The SMILES string of the molecule is COC1CNC(Cl)CC1C1CC(C)NCC1C(=O)NC1NC2CN(C(=O)C3CCCNC3OC)CC2S1. The van der Waals surface area contributed by atoms with E-state index in [9.17, 15) is 9.59 Å². The van der Waals surface area contributed by atoms with Crippen LogP contribution in [0, 0.1) is 23.7 Å². The van der Waals surface area contributed by atoms with E-state index in [1.54, 1.807) is 26.0 Å². The molecule has 11 unspecified atom stereocenters. The van der Waals surface area contributed by atoms with Crippen LogP contribution < -0.4 is 26.6 Å². The van der Waals surface area contributed by atoms with Crippen molar-refractivity contribution in [2.24, 2.45) is 23.7 Å². The summed E-state index contributed by atoms with van der Waals surface area (Å²) in [6.07, 6.45) is 3.42. The quantitative estimate of drug-likeness (QED) is 0.228. The van der Waals surface area contributed by atoms with Gasteiger partial charge in [0.05, 0.1) is 23.4 Å². The largest absolute Gasteiger partial charge is 0.380 e. The molecule has 37 heavy (non-hydrogen) atoms. The molecule has 5 aliphatic heterocycles. The minimum atomic E-state index is -0.208. The Morgan fingerprint density at radius 1 is 1.03 bits per heavy atom. The fraction of sp³-hybridized carbons (Fsp3) is 0.920. The van der Waals surface area contributed by atoms with Crippen molar-refractivity contribution in [3.8, 4) is 0 Å². The summed E-state index contributed by atoms with van der Waals surface area (Å²) in [5.41, 5.74) is -0.235. The van der Waals surface area contributed by atoms with Crippen LogP contribution in [0.2, 0.25) is 0 Å². The first kappa shape index (κ1) is 27.9. The van der Waals surface area contributed by atoms with Gasteiger partial charge >= 0.3 is 0 Å². The predicted octanol–water partition coefficient (Wildman–Crippen LogP) is 0.0777. The fourth-order valence-electron chi connectivity index (χ4n) is 7.04. The number of alkyl halides is 1. The Hall–Kier alpha value is -0.660. The fourth-order valence-corrected chi connectivity index (χ4v) is 8.74. The number of carbonyl (C=O) groups excluding carboxylic acids is 2. The van der Waals surface area contributed by atoms with Crippen LogP contribution in [0.3, 0.4) is 0 Å². The molecule has 5 N–H and O–H groups in total. The Morgan fingerprint density at radius 2 is 1.86 bits per heavy atom. The third kappa shape index (κ3) is 6.09. The molecule has 12 heteroatoms. The molecule has 210 valence electrons. The number of ether oxygens (including phenoxy) is 2. The van der Waals surface area contributed by atoms with Gasteiger partial charge in [-0.2, -0.15) is 0 Å². The maximum atomic E-state index is 13.6. The molecule has 11 atom stereocenters. The highest BCUT2D eigenvalue weighted by atomic mass is 35.5. The van der Waals surface area contributed by atoms with Crippen LogP contribution in [0.15, 0.2) is 0 Å². The van der Waals surface area contributed by atoms with Gasteiger partial charge in [-0.15, -0.1) is 23.4 Å². The normalized spacial score (nSPS) is 44.4. The summed E-state index contributed by atoms with van der Waals surface area (Å²) >= 11 is 8.20. The van der Waals surface area contributed by atoms with Gasteiger partial charge in [0.1, 0.15) is 11.7 Å². The van der Waals surface area contributed by atoms with Crippen molar-refractivity contribution in [3.05, 3.63) is 0 Å². The molecule has 0 aliphatic carbocycles. The standard InChI is InChI=1S/C25H43ClN6O4S/c1-13-7-15(16-8-21(26)29-10-19(16)35-2)17(9-28-13)22(33)31-25-30-18-11-32(12-20(18)37-25)24(34)14-5-4-6-27-23(14)36-3/h13-21,23,25,27-30H,4-12H2,1-3H3,(H,31,33). The lowest BCUT2D eigenvalue weighted by molar-refractivity contribution is -0.142. The van der Waals surface area contributed by atoms with Gasteiger partial charge in [0, 0.05) is 57.7 Å². The van der Waals surface area contributed by atoms with Gasteiger partial charge in [-0.1, -0.05) is 0 Å². The van der Waals surface area contributed by atoms with Crippen molar-refractivity contribution in [2.45, 2.75) is 73.3 Å². The number of carbonyl (C=O) groups is 2. The third-order valence-electron chi connectivity index (χ3n) is 9.02. The predicted molar refractivity (Wildman–Crippen MR) is 144 cm³/mol. The summed E-state index contributed by atoms with van der Waals surface area (Å²) in [5.74, 6) is 0.442. The van der Waals surface area contributed by atoms with Gasteiger partial charge in [0.2, 0.25) is 11.8 Å². The van der Waals surface area contributed by atoms with E-state index in [0.29, 0.717) is 32.2 Å². The van der Waals surface area contributed by atoms with Crippen molar-refractivity contribution in [1.82, 2.24) is 31.5 Å². The molecule has 0 aromatic carbocycles. The first-order valence-corrected chi connectivity index (χ1v) is 15.2. The van der Waals surface area contributed by atoms with Crippen molar-refractivity contribution in [3.63, 3.8) is 0 Å². The second kappa shape index (κ2) is 12.2. The molecule has 5 heterocycles. The van der Waals surface area contributed by atoms with Crippen LogP contribution in [-0.2, 0) is 19.1 Å². The molecule has 0 aromatic heterocycles. The van der Waals surface area contributed by atoms with Crippen LogP contribution in [0.25, 0.3) is 0 Å². The summed E-state index contributed by atoms with van der Waals surface area (Å²) in [4.78, 5) is 28.8. The number of methoxy groups -OCH3 is 2. The molecule has 5 saturated heterocycles. The number of piperidine rings is 3. The first-order valence-electron chi connectivity index (χ1n) is 13.8. The smallest absolute Gasteiger partial charge is 0.229 e. The number of hydrogen-bond donors (Lipinski definition) is 5. The zero-order valence-corrected chi connectivity index (χ0v) is 23.7. The minimum Gasteiger partial charge on any atom is -0.380 e. The van der Waals surface area contributed by atoms with Crippen LogP contribution in [0.4, 0.5) is 0 Å². The zero-order valence-electron chi connectivity index (χ0n) is 22.1. The first-order chi connectivity index (χ1) is 17.9. The summed E-state index contributed by atoms with van der Waals surface area (Å²) < 4.78 is 11.3. The van der Waals surface area contributed by atoms with Gasteiger partial charge in [-0.25, -0.2) is 0 Å². The molecule has 2 amide bonds. The number of halogens is 1.